The van der Waals surface area contributed by atoms with Gasteiger partial charge >= 0.3 is 0 Å². The molecule has 1 nitrogen and oxygen atoms in total. The average Bonchev–Trinajstić information content (AvgIpc) is 2.69. The van der Waals surface area contributed by atoms with E-state index in [-0.39, 0.29) is 5.54 Å². The standard InChI is InChI=1S/C25H29N/c1-2-3-4-5-9-18-25(22-15-7-6-8-16-22)19-21-14-10-12-20-13-11-17-23(26-25)24(20)21/h6-8,10-17,26H,2-5,9,18-19H2,1H3. The predicted octanol–water partition coefficient (Wildman–Crippen LogP) is 7.06. The average molecular weight is 344 g/mol. The first-order chi connectivity index (χ1) is 12.8. The summed E-state index contributed by atoms with van der Waals surface area (Å²) in [6.45, 7) is 2.28. The predicted molar refractivity (Wildman–Crippen MR) is 113 cm³/mol. The van der Waals surface area contributed by atoms with Crippen LogP contribution in [0.4, 0.5) is 5.69 Å². The lowest BCUT2D eigenvalue weighted by Gasteiger charge is -2.41. The Bertz CT molecular complexity index is 825. The number of benzene rings is 3. The van der Waals surface area contributed by atoms with Crippen LogP contribution in [0.1, 0.15) is 56.6 Å². The highest BCUT2D eigenvalue weighted by molar-refractivity contribution is 5.98. The van der Waals surface area contributed by atoms with Crippen molar-refractivity contribution < 1.29 is 0 Å². The summed E-state index contributed by atoms with van der Waals surface area (Å²) in [6.07, 6.45) is 8.87. The van der Waals surface area contributed by atoms with Crippen LogP contribution in [0.15, 0.2) is 66.7 Å². The van der Waals surface area contributed by atoms with Gasteiger partial charge < -0.3 is 5.32 Å². The molecule has 134 valence electrons. The first kappa shape index (κ1) is 17.1. The molecule has 0 aromatic heterocycles. The molecule has 0 fully saturated rings. The molecular weight excluding hydrogens is 314 g/mol. The lowest BCUT2D eigenvalue weighted by atomic mass is 9.76. The van der Waals surface area contributed by atoms with Crippen molar-refractivity contribution in [3.05, 3.63) is 77.9 Å². The molecule has 1 aliphatic heterocycles. The van der Waals surface area contributed by atoms with E-state index in [0.29, 0.717) is 0 Å². The van der Waals surface area contributed by atoms with Gasteiger partial charge in [-0.15, -0.1) is 0 Å². The third-order valence-corrected chi connectivity index (χ3v) is 5.89. The van der Waals surface area contributed by atoms with Crippen LogP contribution in [0.3, 0.4) is 0 Å². The fourth-order valence-electron chi connectivity index (χ4n) is 4.55. The summed E-state index contributed by atoms with van der Waals surface area (Å²) in [5.74, 6) is 0. The Morgan fingerprint density at radius 3 is 2.38 bits per heavy atom. The van der Waals surface area contributed by atoms with Gasteiger partial charge in [-0.25, -0.2) is 0 Å². The SMILES string of the molecule is CCCCCCCC1(c2ccccc2)Cc2cccc3cccc(c23)N1. The van der Waals surface area contributed by atoms with Gasteiger partial charge in [0.05, 0.1) is 5.54 Å². The van der Waals surface area contributed by atoms with Crippen molar-refractivity contribution in [2.45, 2.75) is 57.4 Å². The van der Waals surface area contributed by atoms with Crippen LogP contribution in [0.5, 0.6) is 0 Å². The maximum absolute atomic E-state index is 3.98. The van der Waals surface area contributed by atoms with E-state index in [0.717, 1.165) is 6.42 Å². The summed E-state index contributed by atoms with van der Waals surface area (Å²) in [4.78, 5) is 0. The van der Waals surface area contributed by atoms with Gasteiger partial charge in [-0.1, -0.05) is 99.7 Å². The van der Waals surface area contributed by atoms with E-state index >= 15 is 0 Å². The molecule has 3 aromatic rings. The Morgan fingerprint density at radius 1 is 0.808 bits per heavy atom. The highest BCUT2D eigenvalue weighted by Gasteiger charge is 2.35. The fourth-order valence-corrected chi connectivity index (χ4v) is 4.55. The Labute approximate surface area is 157 Å². The van der Waals surface area contributed by atoms with Crippen LogP contribution < -0.4 is 5.32 Å². The van der Waals surface area contributed by atoms with E-state index in [1.807, 2.05) is 0 Å². The van der Waals surface area contributed by atoms with Crippen molar-refractivity contribution in [3.63, 3.8) is 0 Å². The lowest BCUT2D eigenvalue weighted by molar-refractivity contribution is 0.415. The van der Waals surface area contributed by atoms with Crippen molar-refractivity contribution in [2.24, 2.45) is 0 Å². The largest absolute Gasteiger partial charge is 0.375 e. The second-order valence-corrected chi connectivity index (χ2v) is 7.73. The number of anilines is 1. The van der Waals surface area contributed by atoms with Crippen LogP contribution in [0, 0.1) is 0 Å². The summed E-state index contributed by atoms with van der Waals surface area (Å²) in [6, 6.07) is 24.5. The first-order valence-electron chi connectivity index (χ1n) is 10.2. The van der Waals surface area contributed by atoms with Crippen LogP contribution in [-0.2, 0) is 12.0 Å². The summed E-state index contributed by atoms with van der Waals surface area (Å²) >= 11 is 0. The van der Waals surface area contributed by atoms with Crippen LogP contribution in [0.25, 0.3) is 10.8 Å². The van der Waals surface area contributed by atoms with Gasteiger partial charge in [0.2, 0.25) is 0 Å². The fraction of sp³-hybridized carbons (Fsp3) is 0.360. The molecule has 0 radical (unpaired) electrons. The molecule has 0 saturated heterocycles. The number of hydrogen-bond donors (Lipinski definition) is 1. The smallest absolute Gasteiger partial charge is 0.0665 e. The van der Waals surface area contributed by atoms with E-state index in [2.05, 4.69) is 79.0 Å². The third-order valence-electron chi connectivity index (χ3n) is 5.89. The van der Waals surface area contributed by atoms with E-state index in [1.165, 1.54) is 66.1 Å². The van der Waals surface area contributed by atoms with Gasteiger partial charge in [0.1, 0.15) is 0 Å². The molecule has 1 heterocycles. The minimum atomic E-state index is 0.0100. The van der Waals surface area contributed by atoms with Crippen molar-refractivity contribution in [2.75, 3.05) is 5.32 Å². The molecule has 0 bridgehead atoms. The Kier molecular flexibility index (Phi) is 4.97. The minimum absolute atomic E-state index is 0.0100. The second kappa shape index (κ2) is 7.53. The zero-order valence-electron chi connectivity index (χ0n) is 15.8. The molecule has 1 atom stereocenters. The molecule has 1 heteroatoms. The number of unbranched alkanes of at least 4 members (excludes halogenated alkanes) is 4. The minimum Gasteiger partial charge on any atom is -0.375 e. The Balaban J connectivity index is 1.69. The zero-order chi connectivity index (χ0) is 17.8. The quantitative estimate of drug-likeness (QED) is 0.453. The summed E-state index contributed by atoms with van der Waals surface area (Å²) < 4.78 is 0. The molecular formula is C25H29N. The van der Waals surface area contributed by atoms with Crippen LogP contribution in [-0.4, -0.2) is 0 Å². The van der Waals surface area contributed by atoms with Crippen molar-refractivity contribution in [1.29, 1.82) is 0 Å². The Hall–Kier alpha value is -2.28. The summed E-state index contributed by atoms with van der Waals surface area (Å²) in [5.41, 5.74) is 4.20. The van der Waals surface area contributed by atoms with Gasteiger partial charge in [0.15, 0.2) is 0 Å². The molecule has 4 rings (SSSR count). The van der Waals surface area contributed by atoms with Crippen molar-refractivity contribution in [1.82, 2.24) is 0 Å². The highest BCUT2D eigenvalue weighted by Crippen LogP contribution is 2.43. The molecule has 26 heavy (non-hydrogen) atoms. The van der Waals surface area contributed by atoms with Gasteiger partial charge in [0.25, 0.3) is 0 Å². The molecule has 0 aliphatic carbocycles. The van der Waals surface area contributed by atoms with E-state index in [4.69, 9.17) is 0 Å². The van der Waals surface area contributed by atoms with E-state index in [9.17, 15) is 0 Å². The zero-order valence-corrected chi connectivity index (χ0v) is 15.8. The number of hydrogen-bond acceptors (Lipinski definition) is 1. The maximum atomic E-state index is 3.98. The molecule has 0 amide bonds. The first-order valence-corrected chi connectivity index (χ1v) is 10.2. The summed E-state index contributed by atoms with van der Waals surface area (Å²) in [7, 11) is 0. The number of nitrogens with one attached hydrogen (secondary N) is 1. The van der Waals surface area contributed by atoms with Gasteiger partial charge in [-0.05, 0) is 29.0 Å². The molecule has 3 aromatic carbocycles. The normalized spacial score (nSPS) is 18.7. The molecule has 1 N–H and O–H groups in total. The lowest BCUT2D eigenvalue weighted by Crippen LogP contribution is -2.40. The van der Waals surface area contributed by atoms with E-state index in [1.54, 1.807) is 0 Å². The highest BCUT2D eigenvalue weighted by atomic mass is 15.0. The van der Waals surface area contributed by atoms with E-state index < -0.39 is 0 Å². The maximum Gasteiger partial charge on any atom is 0.0665 e. The summed E-state index contributed by atoms with van der Waals surface area (Å²) in [5, 5.41) is 6.74. The van der Waals surface area contributed by atoms with Gasteiger partial charge in [-0.2, -0.15) is 0 Å². The topological polar surface area (TPSA) is 12.0 Å². The molecule has 1 unspecified atom stereocenters. The van der Waals surface area contributed by atoms with Gasteiger partial charge in [-0.3, -0.25) is 0 Å². The third kappa shape index (κ3) is 3.23. The van der Waals surface area contributed by atoms with Crippen LogP contribution in [0.2, 0.25) is 0 Å². The number of rotatable bonds is 7. The second-order valence-electron chi connectivity index (χ2n) is 7.73. The van der Waals surface area contributed by atoms with Gasteiger partial charge in [0, 0.05) is 17.5 Å². The van der Waals surface area contributed by atoms with Crippen LogP contribution >= 0.6 is 0 Å². The molecule has 0 saturated carbocycles. The molecule has 1 aliphatic rings. The van der Waals surface area contributed by atoms with Crippen molar-refractivity contribution in [3.8, 4) is 0 Å². The Morgan fingerprint density at radius 2 is 1.58 bits per heavy atom. The monoisotopic (exact) mass is 343 g/mol. The van der Waals surface area contributed by atoms with Crippen molar-refractivity contribution >= 4 is 16.5 Å². The molecule has 0 spiro atoms.